The van der Waals surface area contributed by atoms with E-state index >= 15 is 0 Å². The van der Waals surface area contributed by atoms with Crippen LogP contribution in [0, 0.1) is 19.0 Å². The molecule has 0 saturated carbocycles. The molecule has 1 heterocycles. The van der Waals surface area contributed by atoms with Gasteiger partial charge in [-0.2, -0.15) is 4.31 Å². The van der Waals surface area contributed by atoms with Crippen LogP contribution in [0.15, 0.2) is 41.3 Å². The molecule has 2 atom stereocenters. The number of alkyl halides is 3. The topological polar surface area (TPSA) is 105 Å². The summed E-state index contributed by atoms with van der Waals surface area (Å²) in [6, 6.07) is 5.29. The third-order valence-electron chi connectivity index (χ3n) is 4.91. The summed E-state index contributed by atoms with van der Waals surface area (Å²) in [6.07, 6.45) is -6.43. The van der Waals surface area contributed by atoms with Gasteiger partial charge in [-0.3, -0.25) is 0 Å². The smallest absolute Gasteiger partial charge is 0.486 e. The molecule has 0 bridgehead atoms. The molecule has 0 spiro atoms. The van der Waals surface area contributed by atoms with Crippen LogP contribution in [-0.2, 0) is 10.0 Å². The van der Waals surface area contributed by atoms with Crippen LogP contribution >= 0.6 is 0 Å². The van der Waals surface area contributed by atoms with Crippen LogP contribution in [0.4, 0.5) is 28.9 Å². The van der Waals surface area contributed by atoms with Gasteiger partial charge in [0.25, 0.3) is 0 Å². The van der Waals surface area contributed by atoms with Gasteiger partial charge in [0.2, 0.25) is 21.4 Å². The van der Waals surface area contributed by atoms with Crippen molar-refractivity contribution in [3.05, 3.63) is 65.0 Å². The van der Waals surface area contributed by atoms with Crippen LogP contribution in [-0.4, -0.2) is 60.7 Å². The van der Waals surface area contributed by atoms with Gasteiger partial charge in [0.15, 0.2) is 0 Å². The van der Waals surface area contributed by atoms with Crippen LogP contribution in [0.3, 0.4) is 0 Å². The minimum Gasteiger partial charge on any atom is -0.486 e. The maximum atomic E-state index is 13.9. The lowest BCUT2D eigenvalue weighted by atomic mass is 10.0. The molecular weight excluding hydrogens is 486 g/mol. The first-order valence-corrected chi connectivity index (χ1v) is 10.7. The second-order valence-corrected chi connectivity index (χ2v) is 9.09. The monoisotopic (exact) mass is 501 g/mol. The van der Waals surface area contributed by atoms with Gasteiger partial charge in [0, 0.05) is 12.6 Å². The highest BCUT2D eigenvalue weighted by atomic mass is 32.2. The summed E-state index contributed by atoms with van der Waals surface area (Å²) in [5, 5.41) is 20.4. The Morgan fingerprint density at radius 3 is 2.32 bits per heavy atom. The Kier molecular flexibility index (Phi) is 6.73. The zero-order valence-corrected chi connectivity index (χ0v) is 17.8. The number of hydrogen-bond acceptors (Lipinski definition) is 6. The Hall–Kier alpha value is -3.43. The zero-order valence-electron chi connectivity index (χ0n) is 17.0. The van der Waals surface area contributed by atoms with Crippen LogP contribution in [0.2, 0.25) is 0 Å². The van der Waals surface area contributed by atoms with E-state index in [2.05, 4.69) is 14.4 Å². The minimum atomic E-state index is -5.05. The van der Waals surface area contributed by atoms with Gasteiger partial charge in [0.05, 0.1) is 31.2 Å². The fourth-order valence-electron chi connectivity index (χ4n) is 3.26. The Balaban J connectivity index is 1.90. The number of sulfonamides is 1. The van der Waals surface area contributed by atoms with Gasteiger partial charge in [-0.1, -0.05) is 0 Å². The van der Waals surface area contributed by atoms with Crippen LogP contribution in [0.25, 0.3) is 9.69 Å². The van der Waals surface area contributed by atoms with Gasteiger partial charge in [-0.05, 0) is 30.3 Å². The maximum Gasteiger partial charge on any atom is 0.573 e. The molecule has 14 heteroatoms. The summed E-state index contributed by atoms with van der Waals surface area (Å²) in [7, 11) is -4.55. The fraction of sp³-hybridized carbons (Fsp3) is 0.300. The Bertz CT molecular complexity index is 1290. The lowest BCUT2D eigenvalue weighted by Gasteiger charge is -2.27. The highest BCUT2D eigenvalue weighted by Gasteiger charge is 2.51. The number of aliphatic hydroxyl groups is 2. The number of nitrogens with zero attached hydrogens (tertiary/aromatic N) is 3. The molecule has 0 aliphatic carbocycles. The van der Waals surface area contributed by atoms with E-state index in [1.54, 1.807) is 0 Å². The molecule has 180 valence electrons. The van der Waals surface area contributed by atoms with Crippen molar-refractivity contribution in [2.45, 2.75) is 23.0 Å². The van der Waals surface area contributed by atoms with Crippen LogP contribution in [0.5, 0.6) is 11.5 Å². The van der Waals surface area contributed by atoms with Crippen molar-refractivity contribution in [1.29, 1.82) is 0 Å². The van der Waals surface area contributed by atoms with Gasteiger partial charge >= 0.3 is 6.36 Å². The average Bonchev–Trinajstić information content (AvgIpc) is 3.10. The zero-order chi connectivity index (χ0) is 25.3. The molecule has 1 aliphatic heterocycles. The second-order valence-electron chi connectivity index (χ2n) is 7.18. The quantitative estimate of drug-likeness (QED) is 0.466. The lowest BCUT2D eigenvalue weighted by molar-refractivity contribution is -0.274. The molecular formula is C20H15F4N3O6S. The van der Waals surface area contributed by atoms with E-state index in [9.17, 15) is 36.2 Å². The summed E-state index contributed by atoms with van der Waals surface area (Å²) in [6.45, 7) is 11.8. The Morgan fingerprint density at radius 1 is 1.12 bits per heavy atom. The van der Waals surface area contributed by atoms with Crippen molar-refractivity contribution in [3.63, 3.8) is 0 Å². The Labute approximate surface area is 191 Å². The number of ether oxygens (including phenoxy) is 2. The molecule has 2 aromatic rings. The number of benzene rings is 2. The van der Waals surface area contributed by atoms with Gasteiger partial charge in [-0.25, -0.2) is 22.5 Å². The number of β-amino-alcohol motifs (C(OH)–C–C–N with tert-alkyl or cyclic N) is 1. The SMILES string of the molecule is [C-]#[N+]c1ccc(O[C@H]2CN(S(=O)(=O)c3ccc(OC(F)(F)F)cc3[N+]#[C-])C[C@@]2(O)CO)cc1F. The van der Waals surface area contributed by atoms with Crippen molar-refractivity contribution in [2.75, 3.05) is 19.7 Å². The first-order valence-electron chi connectivity index (χ1n) is 9.27. The first-order chi connectivity index (χ1) is 15.8. The van der Waals surface area contributed by atoms with Crippen molar-refractivity contribution in [3.8, 4) is 11.5 Å². The molecule has 3 rings (SSSR count). The maximum absolute atomic E-state index is 13.9. The van der Waals surface area contributed by atoms with Crippen molar-refractivity contribution in [1.82, 2.24) is 4.31 Å². The molecule has 34 heavy (non-hydrogen) atoms. The molecule has 0 radical (unpaired) electrons. The molecule has 1 fully saturated rings. The number of aliphatic hydroxyl groups excluding tert-OH is 1. The van der Waals surface area contributed by atoms with E-state index < -0.39 is 69.9 Å². The van der Waals surface area contributed by atoms with Crippen LogP contribution < -0.4 is 9.47 Å². The summed E-state index contributed by atoms with van der Waals surface area (Å²) in [4.78, 5) is 5.26. The predicted octanol–water partition coefficient (Wildman–Crippen LogP) is 3.00. The third-order valence-corrected chi connectivity index (χ3v) is 6.77. The highest BCUT2D eigenvalue weighted by Crippen LogP contribution is 2.37. The van der Waals surface area contributed by atoms with Crippen molar-refractivity contribution in [2.24, 2.45) is 0 Å². The normalized spacial score (nSPS) is 21.0. The predicted molar refractivity (Wildman–Crippen MR) is 107 cm³/mol. The number of halogens is 4. The minimum absolute atomic E-state index is 0.142. The van der Waals surface area contributed by atoms with Crippen molar-refractivity contribution < 1.29 is 45.7 Å². The lowest BCUT2D eigenvalue weighted by Crippen LogP contribution is -2.48. The Morgan fingerprint density at radius 2 is 1.76 bits per heavy atom. The van der Waals surface area contributed by atoms with Crippen LogP contribution in [0.1, 0.15) is 0 Å². The standard InChI is InChI=1S/C20H15F4N3O6S/c1-25-15-5-3-12(7-14(15)21)32-18-9-27(10-19(18,29)11-28)34(30,31)17-6-4-13(8-16(17)26-2)33-20(22,23)24/h3-8,18,28-29H,9-11H2/t18-,19+/m0/s1. The van der Waals surface area contributed by atoms with Gasteiger partial charge < -0.3 is 19.7 Å². The highest BCUT2D eigenvalue weighted by molar-refractivity contribution is 7.89. The van der Waals surface area contributed by atoms with E-state index in [-0.39, 0.29) is 11.4 Å². The third kappa shape index (κ3) is 5.05. The molecule has 1 saturated heterocycles. The molecule has 0 amide bonds. The largest absolute Gasteiger partial charge is 0.573 e. The molecule has 1 aliphatic rings. The second kappa shape index (κ2) is 9.08. The molecule has 0 unspecified atom stereocenters. The van der Waals surface area contributed by atoms with E-state index in [0.29, 0.717) is 10.4 Å². The molecule has 2 N–H and O–H groups in total. The number of rotatable bonds is 6. The molecule has 2 aromatic carbocycles. The van der Waals surface area contributed by atoms with E-state index in [0.717, 1.165) is 24.3 Å². The average molecular weight is 501 g/mol. The van der Waals surface area contributed by atoms with Gasteiger partial charge in [-0.15, -0.1) is 13.2 Å². The summed E-state index contributed by atoms with van der Waals surface area (Å²) in [5.41, 5.74) is -3.07. The van der Waals surface area contributed by atoms with E-state index in [1.807, 2.05) is 0 Å². The van der Waals surface area contributed by atoms with E-state index in [4.69, 9.17) is 17.9 Å². The fourth-order valence-corrected chi connectivity index (χ4v) is 4.88. The summed E-state index contributed by atoms with van der Waals surface area (Å²) < 4.78 is 87.3. The van der Waals surface area contributed by atoms with Gasteiger partial charge in [0.1, 0.15) is 29.0 Å². The summed E-state index contributed by atoms with van der Waals surface area (Å²) >= 11 is 0. The molecule has 0 aromatic heterocycles. The van der Waals surface area contributed by atoms with E-state index in [1.165, 1.54) is 6.07 Å². The number of hydrogen-bond donors (Lipinski definition) is 2. The first kappa shape index (κ1) is 25.2. The summed E-state index contributed by atoms with van der Waals surface area (Å²) in [5.74, 6) is -1.85. The van der Waals surface area contributed by atoms with Crippen molar-refractivity contribution >= 4 is 21.4 Å². The molecule has 9 nitrogen and oxygen atoms in total.